The van der Waals surface area contributed by atoms with Gasteiger partial charge < -0.3 is 10.5 Å². The van der Waals surface area contributed by atoms with E-state index < -0.39 is 0 Å². The second kappa shape index (κ2) is 6.32. The Morgan fingerprint density at radius 2 is 1.78 bits per heavy atom. The zero-order valence-electron chi connectivity index (χ0n) is 11.4. The van der Waals surface area contributed by atoms with Gasteiger partial charge >= 0.3 is 0 Å². The molecule has 3 nitrogen and oxygen atoms in total. The Bertz CT molecular complexity index is 371. The third-order valence-electron chi connectivity index (χ3n) is 3.42. The third kappa shape index (κ3) is 3.55. The lowest BCUT2D eigenvalue weighted by Crippen LogP contribution is -2.44. The molecule has 0 spiro atoms. The maximum absolute atomic E-state index is 5.77. The number of hydrogen-bond donors (Lipinski definition) is 1. The molecule has 0 radical (unpaired) electrons. The fourth-order valence-electron chi connectivity index (χ4n) is 2.77. The largest absolute Gasteiger partial charge is 0.373 e. The van der Waals surface area contributed by atoms with Crippen molar-refractivity contribution in [2.45, 2.75) is 39.0 Å². The molecule has 2 rings (SSSR count). The standard InChI is InChI=1S/C15H24N2O/c1-12-9-17(10-13(2)18-12)11-15-6-4-3-5-14(15)7-8-16/h3-6,12-13H,7-11,16H2,1-2H3. The number of rotatable bonds is 4. The number of nitrogens with two attached hydrogens (primary N) is 1. The van der Waals surface area contributed by atoms with Crippen molar-refractivity contribution >= 4 is 0 Å². The van der Waals surface area contributed by atoms with E-state index in [-0.39, 0.29) is 0 Å². The predicted molar refractivity (Wildman–Crippen MR) is 74.5 cm³/mol. The van der Waals surface area contributed by atoms with Crippen molar-refractivity contribution in [2.75, 3.05) is 19.6 Å². The van der Waals surface area contributed by atoms with Crippen LogP contribution < -0.4 is 5.73 Å². The van der Waals surface area contributed by atoms with Gasteiger partial charge in [0.05, 0.1) is 12.2 Å². The highest BCUT2D eigenvalue weighted by Gasteiger charge is 2.22. The minimum Gasteiger partial charge on any atom is -0.373 e. The monoisotopic (exact) mass is 248 g/mol. The summed E-state index contributed by atoms with van der Waals surface area (Å²) >= 11 is 0. The lowest BCUT2D eigenvalue weighted by Gasteiger charge is -2.35. The lowest BCUT2D eigenvalue weighted by molar-refractivity contribution is -0.0705. The summed E-state index contributed by atoms with van der Waals surface area (Å²) in [6.45, 7) is 8.05. The predicted octanol–water partition coefficient (Wildman–Crippen LogP) is 1.80. The van der Waals surface area contributed by atoms with Crippen LogP contribution in [0.3, 0.4) is 0 Å². The summed E-state index contributed by atoms with van der Waals surface area (Å²) in [5, 5.41) is 0. The number of benzene rings is 1. The minimum atomic E-state index is 0.329. The van der Waals surface area contributed by atoms with Crippen LogP contribution in [0.1, 0.15) is 25.0 Å². The van der Waals surface area contributed by atoms with Crippen molar-refractivity contribution in [3.8, 4) is 0 Å². The van der Waals surface area contributed by atoms with E-state index in [2.05, 4.69) is 43.0 Å². The molecule has 0 saturated carbocycles. The molecule has 2 atom stereocenters. The highest BCUT2D eigenvalue weighted by Crippen LogP contribution is 2.17. The molecule has 1 aromatic rings. The van der Waals surface area contributed by atoms with Crippen molar-refractivity contribution in [2.24, 2.45) is 5.73 Å². The average Bonchev–Trinajstić information content (AvgIpc) is 2.30. The van der Waals surface area contributed by atoms with Crippen molar-refractivity contribution in [1.29, 1.82) is 0 Å². The molecule has 1 saturated heterocycles. The van der Waals surface area contributed by atoms with Gasteiger partial charge in [-0.3, -0.25) is 4.90 Å². The van der Waals surface area contributed by atoms with Crippen molar-refractivity contribution in [1.82, 2.24) is 4.90 Å². The molecule has 0 amide bonds. The van der Waals surface area contributed by atoms with Crippen LogP contribution in [0.4, 0.5) is 0 Å². The second-order valence-electron chi connectivity index (χ2n) is 5.26. The molecule has 0 aromatic heterocycles. The lowest BCUT2D eigenvalue weighted by atomic mass is 10.0. The van der Waals surface area contributed by atoms with Crippen LogP contribution in [-0.4, -0.2) is 36.7 Å². The summed E-state index contributed by atoms with van der Waals surface area (Å²) in [5.41, 5.74) is 8.46. The molecular weight excluding hydrogens is 224 g/mol. The van der Waals surface area contributed by atoms with Gasteiger partial charge in [-0.1, -0.05) is 24.3 Å². The molecular formula is C15H24N2O. The molecule has 1 aliphatic heterocycles. The van der Waals surface area contributed by atoms with Crippen molar-refractivity contribution in [3.05, 3.63) is 35.4 Å². The fourth-order valence-corrected chi connectivity index (χ4v) is 2.77. The molecule has 1 aromatic carbocycles. The quantitative estimate of drug-likeness (QED) is 0.883. The second-order valence-corrected chi connectivity index (χ2v) is 5.26. The third-order valence-corrected chi connectivity index (χ3v) is 3.42. The van der Waals surface area contributed by atoms with Gasteiger partial charge in [-0.15, -0.1) is 0 Å². The van der Waals surface area contributed by atoms with Crippen LogP contribution in [0, 0.1) is 0 Å². The topological polar surface area (TPSA) is 38.5 Å². The Morgan fingerprint density at radius 1 is 1.17 bits per heavy atom. The van der Waals surface area contributed by atoms with Gasteiger partial charge in [0.25, 0.3) is 0 Å². The normalized spacial score (nSPS) is 25.3. The van der Waals surface area contributed by atoms with Crippen molar-refractivity contribution < 1.29 is 4.74 Å². The fraction of sp³-hybridized carbons (Fsp3) is 0.600. The van der Waals surface area contributed by atoms with Crippen LogP contribution in [0.15, 0.2) is 24.3 Å². The van der Waals surface area contributed by atoms with Crippen LogP contribution in [0.25, 0.3) is 0 Å². The highest BCUT2D eigenvalue weighted by atomic mass is 16.5. The smallest absolute Gasteiger partial charge is 0.0678 e. The van der Waals surface area contributed by atoms with E-state index in [4.69, 9.17) is 10.5 Å². The van der Waals surface area contributed by atoms with Gasteiger partial charge in [-0.05, 0) is 37.9 Å². The van der Waals surface area contributed by atoms with Crippen molar-refractivity contribution in [3.63, 3.8) is 0 Å². The zero-order chi connectivity index (χ0) is 13.0. The van der Waals surface area contributed by atoms with Crippen LogP contribution >= 0.6 is 0 Å². The van der Waals surface area contributed by atoms with E-state index in [0.29, 0.717) is 18.8 Å². The van der Waals surface area contributed by atoms with Crippen LogP contribution in [0.5, 0.6) is 0 Å². The Balaban J connectivity index is 2.04. The summed E-state index contributed by atoms with van der Waals surface area (Å²) < 4.78 is 5.77. The zero-order valence-corrected chi connectivity index (χ0v) is 11.4. The maximum Gasteiger partial charge on any atom is 0.0678 e. The summed E-state index contributed by atoms with van der Waals surface area (Å²) in [6.07, 6.45) is 1.62. The van der Waals surface area contributed by atoms with Gasteiger partial charge in [0, 0.05) is 19.6 Å². The molecule has 3 heteroatoms. The first-order valence-electron chi connectivity index (χ1n) is 6.83. The van der Waals surface area contributed by atoms with Crippen LogP contribution in [-0.2, 0) is 17.7 Å². The summed E-state index contributed by atoms with van der Waals surface area (Å²) in [6, 6.07) is 8.62. The average molecular weight is 248 g/mol. The minimum absolute atomic E-state index is 0.329. The first kappa shape index (κ1) is 13.5. The molecule has 0 aliphatic carbocycles. The molecule has 1 aliphatic rings. The van der Waals surface area contributed by atoms with Gasteiger partial charge in [-0.25, -0.2) is 0 Å². The SMILES string of the molecule is CC1CN(Cc2ccccc2CCN)CC(C)O1. The van der Waals surface area contributed by atoms with E-state index >= 15 is 0 Å². The number of ether oxygens (including phenoxy) is 1. The number of morpholine rings is 1. The molecule has 1 heterocycles. The van der Waals surface area contributed by atoms with E-state index in [1.165, 1.54) is 11.1 Å². The first-order chi connectivity index (χ1) is 8.69. The van der Waals surface area contributed by atoms with Gasteiger partial charge in [0.1, 0.15) is 0 Å². The summed E-state index contributed by atoms with van der Waals surface area (Å²) in [7, 11) is 0. The Labute approximate surface area is 110 Å². The molecule has 2 N–H and O–H groups in total. The van der Waals surface area contributed by atoms with Gasteiger partial charge in [-0.2, -0.15) is 0 Å². The Morgan fingerprint density at radius 3 is 2.39 bits per heavy atom. The van der Waals surface area contributed by atoms with E-state index in [0.717, 1.165) is 26.1 Å². The molecule has 1 fully saturated rings. The highest BCUT2D eigenvalue weighted by molar-refractivity contribution is 5.27. The molecule has 18 heavy (non-hydrogen) atoms. The number of nitrogens with zero attached hydrogens (tertiary/aromatic N) is 1. The van der Waals surface area contributed by atoms with Crippen LogP contribution in [0.2, 0.25) is 0 Å². The molecule has 2 unspecified atom stereocenters. The Kier molecular flexibility index (Phi) is 4.75. The van der Waals surface area contributed by atoms with E-state index in [1.54, 1.807) is 0 Å². The van der Waals surface area contributed by atoms with Gasteiger partial charge in [0.2, 0.25) is 0 Å². The van der Waals surface area contributed by atoms with E-state index in [1.807, 2.05) is 0 Å². The van der Waals surface area contributed by atoms with E-state index in [9.17, 15) is 0 Å². The summed E-state index contributed by atoms with van der Waals surface area (Å²) in [4.78, 5) is 2.48. The maximum atomic E-state index is 5.77. The first-order valence-corrected chi connectivity index (χ1v) is 6.83. The molecule has 0 bridgehead atoms. The Hall–Kier alpha value is -0.900. The number of hydrogen-bond acceptors (Lipinski definition) is 3. The van der Waals surface area contributed by atoms with Gasteiger partial charge in [0.15, 0.2) is 0 Å². The molecule has 100 valence electrons. The summed E-state index contributed by atoms with van der Waals surface area (Å²) in [5.74, 6) is 0.